The van der Waals surface area contributed by atoms with Crippen LogP contribution >= 0.6 is 0 Å². The molecule has 1 aliphatic rings. The van der Waals surface area contributed by atoms with Crippen molar-refractivity contribution in [3.05, 3.63) is 29.6 Å². The second kappa shape index (κ2) is 4.42. The monoisotopic (exact) mass is 263 g/mol. The van der Waals surface area contributed by atoms with Gasteiger partial charge < -0.3 is 10.1 Å². The molecule has 1 unspecified atom stereocenters. The molecule has 100 valence electrons. The van der Waals surface area contributed by atoms with Crippen LogP contribution in [0, 0.1) is 5.82 Å². The predicted molar refractivity (Wildman–Crippen MR) is 58.9 cm³/mol. The van der Waals surface area contributed by atoms with Gasteiger partial charge in [-0.05, 0) is 31.5 Å². The molecule has 2 nitrogen and oxygen atoms in total. The van der Waals surface area contributed by atoms with Gasteiger partial charge >= 0.3 is 6.18 Å². The summed E-state index contributed by atoms with van der Waals surface area (Å²) < 4.78 is 55.9. The van der Waals surface area contributed by atoms with E-state index in [-0.39, 0.29) is 5.69 Å². The molecule has 0 saturated carbocycles. The van der Waals surface area contributed by atoms with Crippen molar-refractivity contribution in [1.29, 1.82) is 0 Å². The molecule has 1 atom stereocenters. The fourth-order valence-electron chi connectivity index (χ4n) is 1.88. The van der Waals surface area contributed by atoms with E-state index in [0.29, 0.717) is 25.7 Å². The Hall–Kier alpha value is -1.30. The van der Waals surface area contributed by atoms with Crippen molar-refractivity contribution in [3.63, 3.8) is 0 Å². The van der Waals surface area contributed by atoms with Gasteiger partial charge in [-0.3, -0.25) is 0 Å². The predicted octanol–water partition coefficient (Wildman–Crippen LogP) is 3.44. The van der Waals surface area contributed by atoms with Gasteiger partial charge in [-0.25, -0.2) is 4.39 Å². The van der Waals surface area contributed by atoms with Gasteiger partial charge in [0.05, 0.1) is 23.4 Å². The fraction of sp³-hybridized carbons (Fsp3) is 0.500. The first-order valence-corrected chi connectivity index (χ1v) is 5.53. The van der Waals surface area contributed by atoms with Crippen molar-refractivity contribution in [1.82, 2.24) is 0 Å². The first-order chi connectivity index (χ1) is 8.30. The summed E-state index contributed by atoms with van der Waals surface area (Å²) in [6.07, 6.45) is -3.84. The van der Waals surface area contributed by atoms with E-state index in [1.165, 1.54) is 0 Å². The summed E-state index contributed by atoms with van der Waals surface area (Å²) in [7, 11) is 0. The minimum Gasteiger partial charge on any atom is -0.379 e. The highest BCUT2D eigenvalue weighted by molar-refractivity contribution is 5.49. The summed E-state index contributed by atoms with van der Waals surface area (Å²) in [5.41, 5.74) is -1.35. The average molecular weight is 263 g/mol. The van der Waals surface area contributed by atoms with Gasteiger partial charge in [0.15, 0.2) is 0 Å². The maximum atomic E-state index is 13.6. The van der Waals surface area contributed by atoms with E-state index in [0.717, 1.165) is 12.1 Å². The normalized spacial score (nSPS) is 24.3. The molecule has 1 N–H and O–H groups in total. The molecule has 1 aromatic carbocycles. The molecule has 0 amide bonds. The number of ether oxygens (including phenoxy) is 1. The smallest absolute Gasteiger partial charge is 0.379 e. The largest absolute Gasteiger partial charge is 0.416 e. The molecule has 1 heterocycles. The Bertz CT molecular complexity index is 438. The quantitative estimate of drug-likeness (QED) is 0.825. The lowest BCUT2D eigenvalue weighted by atomic mass is 10.0. The molecule has 1 aromatic rings. The zero-order valence-corrected chi connectivity index (χ0v) is 9.77. The standard InChI is InChI=1S/C12H13F4NO/c1-11(4-5-18-7-11)17-10-3-2-8(6-9(10)13)12(14,15)16/h2-3,6,17H,4-5,7H2,1H3. The molecule has 0 aromatic heterocycles. The van der Waals surface area contributed by atoms with E-state index < -0.39 is 23.1 Å². The highest BCUT2D eigenvalue weighted by Gasteiger charge is 2.33. The van der Waals surface area contributed by atoms with Crippen molar-refractivity contribution in [2.45, 2.75) is 25.1 Å². The first kappa shape index (κ1) is 13.1. The lowest BCUT2D eigenvalue weighted by molar-refractivity contribution is -0.137. The summed E-state index contributed by atoms with van der Waals surface area (Å²) in [5, 5.41) is 2.90. The van der Waals surface area contributed by atoms with E-state index in [9.17, 15) is 17.6 Å². The van der Waals surface area contributed by atoms with Crippen molar-refractivity contribution in [2.75, 3.05) is 18.5 Å². The first-order valence-electron chi connectivity index (χ1n) is 5.53. The number of hydrogen-bond acceptors (Lipinski definition) is 2. The van der Waals surface area contributed by atoms with E-state index in [1.807, 2.05) is 6.92 Å². The summed E-state index contributed by atoms with van der Waals surface area (Å²) >= 11 is 0. The van der Waals surface area contributed by atoms with E-state index in [4.69, 9.17) is 4.74 Å². The van der Waals surface area contributed by atoms with E-state index in [2.05, 4.69) is 5.32 Å². The summed E-state index contributed by atoms with van der Waals surface area (Å²) in [4.78, 5) is 0. The molecule has 0 bridgehead atoms. The Morgan fingerprint density at radius 1 is 1.33 bits per heavy atom. The zero-order valence-electron chi connectivity index (χ0n) is 9.77. The molecular weight excluding hydrogens is 250 g/mol. The summed E-state index contributed by atoms with van der Waals surface area (Å²) in [6.45, 7) is 2.82. The Morgan fingerprint density at radius 2 is 2.06 bits per heavy atom. The highest BCUT2D eigenvalue weighted by Crippen LogP contribution is 2.32. The lowest BCUT2D eigenvalue weighted by Crippen LogP contribution is -2.35. The van der Waals surface area contributed by atoms with Crippen molar-refractivity contribution < 1.29 is 22.3 Å². The Balaban J connectivity index is 2.20. The van der Waals surface area contributed by atoms with Crippen LogP contribution in [-0.2, 0) is 10.9 Å². The number of hydrogen-bond donors (Lipinski definition) is 1. The molecular formula is C12H13F4NO. The molecule has 0 spiro atoms. The van der Waals surface area contributed by atoms with E-state index >= 15 is 0 Å². The Morgan fingerprint density at radius 3 is 2.56 bits per heavy atom. The van der Waals surface area contributed by atoms with Crippen LogP contribution in [0.5, 0.6) is 0 Å². The third-order valence-corrected chi connectivity index (χ3v) is 2.95. The maximum absolute atomic E-state index is 13.6. The van der Waals surface area contributed by atoms with E-state index in [1.54, 1.807) is 0 Å². The second-order valence-electron chi connectivity index (χ2n) is 4.68. The average Bonchev–Trinajstić information content (AvgIpc) is 2.67. The number of rotatable bonds is 2. The third-order valence-electron chi connectivity index (χ3n) is 2.95. The Labute approximate surface area is 102 Å². The number of halogens is 4. The second-order valence-corrected chi connectivity index (χ2v) is 4.68. The zero-order chi connectivity index (χ0) is 13.4. The lowest BCUT2D eigenvalue weighted by Gasteiger charge is -2.25. The highest BCUT2D eigenvalue weighted by atomic mass is 19.4. The van der Waals surface area contributed by atoms with Crippen molar-refractivity contribution >= 4 is 5.69 Å². The SMILES string of the molecule is CC1(Nc2ccc(C(F)(F)F)cc2F)CCOC1. The van der Waals surface area contributed by atoms with Crippen LogP contribution in [0.1, 0.15) is 18.9 Å². The molecule has 2 rings (SSSR count). The van der Waals surface area contributed by atoms with Gasteiger partial charge in [-0.2, -0.15) is 13.2 Å². The molecule has 1 aliphatic heterocycles. The topological polar surface area (TPSA) is 21.3 Å². The third kappa shape index (κ3) is 2.75. The summed E-state index contributed by atoms with van der Waals surface area (Å²) in [5.74, 6) is -0.905. The number of anilines is 1. The van der Waals surface area contributed by atoms with Gasteiger partial charge in [-0.1, -0.05) is 0 Å². The number of alkyl halides is 3. The van der Waals surface area contributed by atoms with Crippen LogP contribution in [0.4, 0.5) is 23.2 Å². The molecule has 1 saturated heterocycles. The van der Waals surface area contributed by atoms with Crippen LogP contribution in [0.15, 0.2) is 18.2 Å². The summed E-state index contributed by atoms with van der Waals surface area (Å²) in [6, 6.07) is 2.48. The molecule has 18 heavy (non-hydrogen) atoms. The van der Waals surface area contributed by atoms with Crippen LogP contribution in [0.25, 0.3) is 0 Å². The molecule has 0 radical (unpaired) electrons. The maximum Gasteiger partial charge on any atom is 0.416 e. The minimum absolute atomic E-state index is 0.0657. The van der Waals surface area contributed by atoms with Gasteiger partial charge in [0.25, 0.3) is 0 Å². The van der Waals surface area contributed by atoms with Crippen molar-refractivity contribution in [2.24, 2.45) is 0 Å². The van der Waals surface area contributed by atoms with Gasteiger partial charge in [0.2, 0.25) is 0 Å². The van der Waals surface area contributed by atoms with Crippen LogP contribution < -0.4 is 5.32 Å². The fourth-order valence-corrected chi connectivity index (χ4v) is 1.88. The molecule has 6 heteroatoms. The van der Waals surface area contributed by atoms with Gasteiger partial charge in [0, 0.05) is 6.61 Å². The van der Waals surface area contributed by atoms with Crippen LogP contribution in [0.3, 0.4) is 0 Å². The minimum atomic E-state index is -4.53. The van der Waals surface area contributed by atoms with Gasteiger partial charge in [-0.15, -0.1) is 0 Å². The molecule has 0 aliphatic carbocycles. The Kier molecular flexibility index (Phi) is 3.23. The van der Waals surface area contributed by atoms with Gasteiger partial charge in [0.1, 0.15) is 5.82 Å². The molecule has 1 fully saturated rings. The number of nitrogens with one attached hydrogen (secondary N) is 1. The van der Waals surface area contributed by atoms with Crippen LogP contribution in [-0.4, -0.2) is 18.8 Å². The van der Waals surface area contributed by atoms with Crippen molar-refractivity contribution in [3.8, 4) is 0 Å². The number of benzene rings is 1. The van der Waals surface area contributed by atoms with Crippen LogP contribution in [0.2, 0.25) is 0 Å².